The number of rotatable bonds is 41. The molecule has 1 atom stereocenters. The highest BCUT2D eigenvalue weighted by Crippen LogP contribution is 2.13. The van der Waals surface area contributed by atoms with Crippen molar-refractivity contribution in [2.45, 2.75) is 301 Å². The van der Waals surface area contributed by atoms with Crippen LogP contribution in [0.25, 0.3) is 0 Å². The van der Waals surface area contributed by atoms with Gasteiger partial charge in [-0.2, -0.15) is 11.8 Å². The van der Waals surface area contributed by atoms with Crippen LogP contribution in [0.2, 0.25) is 0 Å². The molecule has 0 aromatic heterocycles. The van der Waals surface area contributed by atoms with Crippen molar-refractivity contribution in [2.75, 3.05) is 250 Å². The molecule has 15 heteroatoms. The maximum Gasteiger partial charge on any atom is 0.126 e. The molecule has 0 bridgehead atoms. The van der Waals surface area contributed by atoms with E-state index in [9.17, 15) is 5.11 Å². The average Bonchev–Trinajstić information content (AvgIpc) is 3.38. The molecule has 14 nitrogen and oxygen atoms in total. The third-order valence-corrected chi connectivity index (χ3v) is 13.6. The second-order valence-electron chi connectivity index (χ2n) is 26.5. The van der Waals surface area contributed by atoms with Crippen LogP contribution in [0.15, 0.2) is 0 Å². The van der Waals surface area contributed by atoms with Crippen molar-refractivity contribution in [1.29, 1.82) is 0 Å². The largest absolute Gasteiger partial charge is 0.385 e. The molecule has 0 aliphatic heterocycles. The van der Waals surface area contributed by atoms with Crippen LogP contribution in [0.5, 0.6) is 0 Å². The van der Waals surface area contributed by atoms with Gasteiger partial charge in [0.2, 0.25) is 0 Å². The van der Waals surface area contributed by atoms with Gasteiger partial charge in [-0.3, -0.25) is 0 Å². The van der Waals surface area contributed by atoms with Gasteiger partial charge in [-0.1, -0.05) is 218 Å². The SMILES string of the molecule is C.C.C.C.C.C.C.C.C.C.C.C.C.C.C.CCCCN(C)CC[N+](C)(C)C.CCCCNC.CCCCNCCNC.CCCCNCC[NH2+]C.CCCCOCC(O)C[N+](C)(C)C.CCCCSC.CCCC[N+](C)(C)C.CCCC[N+](C)(C)CCN(C)C.C[NH2+]C1CCC1. The third kappa shape index (κ3) is 205. The Labute approximate surface area is 629 Å². The van der Waals surface area contributed by atoms with Crippen molar-refractivity contribution in [2.24, 2.45) is 0 Å². The van der Waals surface area contributed by atoms with E-state index in [0.29, 0.717) is 6.61 Å². The molecule has 0 aromatic rings. The number of likely N-dealkylation sites (N-methyl/N-ethyl adjacent to an activating group) is 7. The summed E-state index contributed by atoms with van der Waals surface area (Å²) in [6, 6.07) is 0.991. The van der Waals surface area contributed by atoms with Gasteiger partial charge in [0.15, 0.2) is 0 Å². The smallest absolute Gasteiger partial charge is 0.126 e. The molecule has 0 aromatic carbocycles. The number of unbranched alkanes of at least 4 members (excludes halogenated alkanes) is 8. The Morgan fingerprint density at radius 1 is 0.458 bits per heavy atom. The summed E-state index contributed by atoms with van der Waals surface area (Å²) in [5.41, 5.74) is 0. The average molecular weight is 1430 g/mol. The zero-order valence-electron chi connectivity index (χ0n) is 61.4. The van der Waals surface area contributed by atoms with Gasteiger partial charge in [-0.25, -0.2) is 0 Å². The second kappa shape index (κ2) is 128. The Morgan fingerprint density at radius 3 is 1.14 bits per heavy atom. The van der Waals surface area contributed by atoms with Crippen molar-refractivity contribution in [1.82, 2.24) is 31.1 Å². The zero-order chi connectivity index (χ0) is 64.1. The van der Waals surface area contributed by atoms with Gasteiger partial charge in [0.05, 0.1) is 137 Å². The topological polar surface area (TPSA) is 117 Å². The summed E-state index contributed by atoms with van der Waals surface area (Å²) in [5.74, 6) is 1.33. The molecule has 0 radical (unpaired) electrons. The highest BCUT2D eigenvalue weighted by molar-refractivity contribution is 7.98. The first kappa shape index (κ1) is 162. The van der Waals surface area contributed by atoms with Crippen LogP contribution in [-0.4, -0.2) is 295 Å². The number of nitrogens with two attached hydrogens (primary N) is 2. The van der Waals surface area contributed by atoms with E-state index in [1.165, 1.54) is 174 Å². The number of ether oxygens (including phenoxy) is 1. The molecule has 1 unspecified atom stereocenters. The van der Waals surface area contributed by atoms with Gasteiger partial charge in [-0.05, 0) is 144 Å². The first-order valence-corrected chi connectivity index (χ1v) is 35.0. The number of hydrogen-bond acceptors (Lipinski definition) is 9. The Bertz CT molecular complexity index is 1020. The van der Waals surface area contributed by atoms with E-state index in [4.69, 9.17) is 4.74 Å². The lowest BCUT2D eigenvalue weighted by molar-refractivity contribution is -0.890. The zero-order valence-corrected chi connectivity index (χ0v) is 62.2. The van der Waals surface area contributed by atoms with Gasteiger partial charge in [0.1, 0.15) is 12.6 Å². The summed E-state index contributed by atoms with van der Waals surface area (Å²) in [4.78, 5) is 4.68. The normalized spacial score (nSPS) is 10.6. The Kier molecular flexibility index (Phi) is 216. The summed E-state index contributed by atoms with van der Waals surface area (Å²) in [5, 5.41) is 26.9. The van der Waals surface area contributed by atoms with Gasteiger partial charge in [0.25, 0.3) is 0 Å². The number of hydrogen-bond donors (Lipinski definition) is 7. The molecule has 1 fully saturated rings. The molecule has 0 amide bonds. The Hall–Kier alpha value is -0.210. The van der Waals surface area contributed by atoms with Crippen molar-refractivity contribution in [3.05, 3.63) is 0 Å². The number of aliphatic hydroxyl groups excluding tert-OH is 1. The summed E-state index contributed by atoms with van der Waals surface area (Å²) < 4.78 is 9.43. The molecule has 0 saturated heterocycles. The summed E-state index contributed by atoms with van der Waals surface area (Å²) in [6.45, 7) is 36.5. The first-order valence-electron chi connectivity index (χ1n) is 33.6. The van der Waals surface area contributed by atoms with Crippen LogP contribution in [0, 0.1) is 0 Å². The lowest BCUT2D eigenvalue weighted by Gasteiger charge is -2.30. The van der Waals surface area contributed by atoms with Crippen LogP contribution in [-0.2, 0) is 4.74 Å². The first-order chi connectivity index (χ1) is 38.0. The lowest BCUT2D eigenvalue weighted by Crippen LogP contribution is -2.87. The van der Waals surface area contributed by atoms with Crippen molar-refractivity contribution >= 4 is 11.8 Å². The van der Waals surface area contributed by atoms with Crippen LogP contribution < -0.4 is 31.9 Å². The highest BCUT2D eigenvalue weighted by atomic mass is 32.2. The van der Waals surface area contributed by atoms with E-state index in [1.54, 1.807) is 0 Å². The van der Waals surface area contributed by atoms with E-state index in [1.807, 2.05) is 25.9 Å². The molecule has 0 spiro atoms. The fourth-order valence-corrected chi connectivity index (χ4v) is 7.27. The van der Waals surface area contributed by atoms with E-state index in [-0.39, 0.29) is 118 Å². The van der Waals surface area contributed by atoms with Crippen molar-refractivity contribution < 1.29 is 38.4 Å². The Morgan fingerprint density at radius 2 is 0.854 bits per heavy atom. The number of quaternary nitrogens is 6. The van der Waals surface area contributed by atoms with Gasteiger partial charge in [0, 0.05) is 39.3 Å². The predicted octanol–water partition coefficient (Wildman–Crippen LogP) is 17.8. The molecule has 1 aliphatic rings. The molecular formula is C81H226N12O2S+6. The fraction of sp³-hybridized carbons (Fsp3) is 1.00. The van der Waals surface area contributed by atoms with Gasteiger partial charge < -0.3 is 69.5 Å². The molecule has 1 saturated carbocycles. The van der Waals surface area contributed by atoms with Crippen LogP contribution in [0.4, 0.5) is 0 Å². The minimum atomic E-state index is -0.336. The van der Waals surface area contributed by atoms with E-state index in [0.717, 1.165) is 82.7 Å². The Balaban J connectivity index is -0.0000000295. The molecule has 622 valence electrons. The molecule has 1 rings (SSSR count). The molecule has 96 heavy (non-hydrogen) atoms. The third-order valence-electron chi connectivity index (χ3n) is 12.9. The van der Waals surface area contributed by atoms with Crippen LogP contribution >= 0.6 is 11.8 Å². The van der Waals surface area contributed by atoms with Crippen LogP contribution in [0.1, 0.15) is 289 Å². The fourth-order valence-electron chi connectivity index (χ4n) is 6.69. The maximum absolute atomic E-state index is 9.54. The minimum absolute atomic E-state index is 0. The van der Waals surface area contributed by atoms with E-state index < -0.39 is 0 Å². The molecular weight excluding hydrogens is 1210 g/mol. The molecule has 1 aliphatic carbocycles. The minimum Gasteiger partial charge on any atom is -0.385 e. The molecule has 0 heterocycles. The number of nitrogens with zero attached hydrogens (tertiary/aromatic N) is 6. The summed E-state index contributed by atoms with van der Waals surface area (Å²) in [7, 11) is 39.0. The number of nitrogens with one attached hydrogen (secondary N) is 4. The van der Waals surface area contributed by atoms with Gasteiger partial charge >= 0.3 is 0 Å². The van der Waals surface area contributed by atoms with Crippen molar-refractivity contribution in [3.8, 4) is 0 Å². The van der Waals surface area contributed by atoms with E-state index in [2.05, 4.69) is 216 Å². The summed E-state index contributed by atoms with van der Waals surface area (Å²) in [6.07, 6.45) is 26.9. The monoisotopic (exact) mass is 1430 g/mol. The quantitative estimate of drug-likeness (QED) is 0.0237. The highest BCUT2D eigenvalue weighted by Gasteiger charge is 2.18. The lowest BCUT2D eigenvalue weighted by atomic mass is 9.94. The van der Waals surface area contributed by atoms with Crippen LogP contribution in [0.3, 0.4) is 0 Å². The molecule has 9 N–H and O–H groups in total. The van der Waals surface area contributed by atoms with E-state index >= 15 is 0 Å². The van der Waals surface area contributed by atoms with Crippen molar-refractivity contribution in [3.63, 3.8) is 0 Å². The second-order valence-corrected chi connectivity index (χ2v) is 27.5. The number of thioether (sulfide) groups is 1. The van der Waals surface area contributed by atoms with Gasteiger partial charge in [-0.15, -0.1) is 0 Å². The number of aliphatic hydroxyl groups is 1. The maximum atomic E-state index is 9.54. The predicted molar refractivity (Wildman–Crippen MR) is 474 cm³/mol. The summed E-state index contributed by atoms with van der Waals surface area (Å²) >= 11 is 1.93. The standard InChI is InChI=1S/2C10H25N2.C10H24NO2.2C7H18N2.C7H18N.C5H11N.C5H13N.C5H12S.15CH4/c1-6-7-9-12(4,5)10-8-11(2)3;1-6-7-8-11(2)9-10-12(3,4)5;1-5-6-7-13-9-10(12)8-11(2,3)4;2*1-3-4-5-9-7-6-8-2;1-5-6-7-8(2,3)4;1-6-5-3-2-4-5;2*1-3-4-5-6-2;;;;;;;;;;;;;;;/h2*6-10H2,1-5H3;10,12H,5-9H2,1-4H3;2*8-9H,3-7H2,1-2H3;5-7H2,1-4H3;5-6H,2-4H2,1H3;6H,3-5H2,1-2H3;3-5H2,1-2H3;15*1H4/q3*+1;;;+1;;;;;;;;;;;;;;;;;;/p+2.